The van der Waals surface area contributed by atoms with Crippen LogP contribution in [0.3, 0.4) is 0 Å². The summed E-state index contributed by atoms with van der Waals surface area (Å²) in [5, 5.41) is 3.82. The van der Waals surface area contributed by atoms with Crippen molar-refractivity contribution in [2.24, 2.45) is 0 Å². The summed E-state index contributed by atoms with van der Waals surface area (Å²) in [4.78, 5) is 2.64. The number of ether oxygens (including phenoxy) is 1. The zero-order chi connectivity index (χ0) is 15.7. The van der Waals surface area contributed by atoms with Gasteiger partial charge in [0.25, 0.3) is 0 Å². The van der Waals surface area contributed by atoms with E-state index in [4.69, 9.17) is 4.74 Å². The SMILES string of the molecule is Fc1ccc2c(c1)CCC2NCC1(N2CCOCC2)CCSC1. The molecule has 1 aliphatic carbocycles. The van der Waals surface area contributed by atoms with Gasteiger partial charge in [-0.3, -0.25) is 4.90 Å². The van der Waals surface area contributed by atoms with Gasteiger partial charge in [-0.1, -0.05) is 6.07 Å². The first-order chi connectivity index (χ1) is 11.3. The first-order valence-electron chi connectivity index (χ1n) is 8.69. The van der Waals surface area contributed by atoms with Gasteiger partial charge in [0.2, 0.25) is 0 Å². The number of fused-ring (bicyclic) bond motifs is 1. The molecule has 1 N–H and O–H groups in total. The Morgan fingerprint density at radius 1 is 1.35 bits per heavy atom. The molecule has 0 radical (unpaired) electrons. The maximum absolute atomic E-state index is 13.4. The lowest BCUT2D eigenvalue weighted by Gasteiger charge is -2.43. The van der Waals surface area contributed by atoms with Crippen LogP contribution >= 0.6 is 11.8 Å². The molecule has 2 unspecified atom stereocenters. The summed E-state index contributed by atoms with van der Waals surface area (Å²) in [5.41, 5.74) is 2.76. The van der Waals surface area contributed by atoms with Crippen LogP contribution in [-0.2, 0) is 11.2 Å². The second-order valence-electron chi connectivity index (χ2n) is 6.94. The zero-order valence-electron chi connectivity index (χ0n) is 13.5. The molecule has 2 heterocycles. The van der Waals surface area contributed by atoms with Gasteiger partial charge in [-0.05, 0) is 48.3 Å². The Morgan fingerprint density at radius 3 is 3.00 bits per heavy atom. The van der Waals surface area contributed by atoms with E-state index in [9.17, 15) is 4.39 Å². The third kappa shape index (κ3) is 3.16. The molecule has 5 heteroatoms. The molecule has 2 atom stereocenters. The van der Waals surface area contributed by atoms with Gasteiger partial charge >= 0.3 is 0 Å². The van der Waals surface area contributed by atoms with Gasteiger partial charge in [0.15, 0.2) is 0 Å². The van der Waals surface area contributed by atoms with E-state index in [1.807, 2.05) is 6.07 Å². The fourth-order valence-electron chi connectivity index (χ4n) is 4.25. The maximum atomic E-state index is 13.4. The van der Waals surface area contributed by atoms with E-state index in [0.717, 1.165) is 45.7 Å². The predicted molar refractivity (Wildman–Crippen MR) is 92.5 cm³/mol. The van der Waals surface area contributed by atoms with Crippen molar-refractivity contribution in [3.8, 4) is 0 Å². The van der Waals surface area contributed by atoms with Gasteiger partial charge in [-0.2, -0.15) is 11.8 Å². The summed E-state index contributed by atoms with van der Waals surface area (Å²) in [7, 11) is 0. The number of rotatable bonds is 4. The minimum Gasteiger partial charge on any atom is -0.379 e. The van der Waals surface area contributed by atoms with Gasteiger partial charge in [0, 0.05) is 37.0 Å². The topological polar surface area (TPSA) is 24.5 Å². The number of nitrogens with one attached hydrogen (secondary N) is 1. The monoisotopic (exact) mass is 336 g/mol. The Bertz CT molecular complexity index is 556. The average molecular weight is 336 g/mol. The lowest BCUT2D eigenvalue weighted by Crippen LogP contribution is -2.58. The molecule has 4 rings (SSSR count). The Balaban J connectivity index is 1.45. The largest absolute Gasteiger partial charge is 0.379 e. The fraction of sp³-hybridized carbons (Fsp3) is 0.667. The van der Waals surface area contributed by atoms with E-state index in [0.29, 0.717) is 6.04 Å². The van der Waals surface area contributed by atoms with Crippen molar-refractivity contribution in [1.29, 1.82) is 0 Å². The number of thioether (sulfide) groups is 1. The van der Waals surface area contributed by atoms with Crippen molar-refractivity contribution in [2.75, 3.05) is 44.4 Å². The van der Waals surface area contributed by atoms with Gasteiger partial charge in [0.1, 0.15) is 5.82 Å². The van der Waals surface area contributed by atoms with Crippen molar-refractivity contribution in [3.05, 3.63) is 35.1 Å². The molecule has 2 saturated heterocycles. The van der Waals surface area contributed by atoms with Crippen molar-refractivity contribution in [2.45, 2.75) is 30.8 Å². The van der Waals surface area contributed by atoms with Gasteiger partial charge < -0.3 is 10.1 Å². The molecule has 126 valence electrons. The van der Waals surface area contributed by atoms with E-state index >= 15 is 0 Å². The quantitative estimate of drug-likeness (QED) is 0.913. The molecule has 0 amide bonds. The van der Waals surface area contributed by atoms with Crippen molar-refractivity contribution >= 4 is 11.8 Å². The Kier molecular flexibility index (Phi) is 4.63. The average Bonchev–Trinajstić information content (AvgIpc) is 3.21. The number of hydrogen-bond acceptors (Lipinski definition) is 4. The normalized spacial score (nSPS) is 31.4. The molecule has 23 heavy (non-hydrogen) atoms. The minimum atomic E-state index is -0.110. The van der Waals surface area contributed by atoms with Crippen LogP contribution < -0.4 is 5.32 Å². The highest BCUT2D eigenvalue weighted by Crippen LogP contribution is 2.36. The highest BCUT2D eigenvalue weighted by molar-refractivity contribution is 7.99. The lowest BCUT2D eigenvalue weighted by molar-refractivity contribution is -0.0141. The first kappa shape index (κ1) is 15.9. The molecule has 1 aromatic carbocycles. The van der Waals surface area contributed by atoms with Crippen molar-refractivity contribution in [3.63, 3.8) is 0 Å². The minimum absolute atomic E-state index is 0.110. The number of hydrogen-bond donors (Lipinski definition) is 1. The number of aryl methyl sites for hydroxylation is 1. The third-order valence-corrected chi connectivity index (χ3v) is 6.86. The predicted octanol–water partition coefficient (Wildman–Crippen LogP) is 2.61. The van der Waals surface area contributed by atoms with Crippen LogP contribution in [-0.4, -0.2) is 54.8 Å². The van der Waals surface area contributed by atoms with E-state index in [-0.39, 0.29) is 11.4 Å². The number of nitrogens with zero attached hydrogens (tertiary/aromatic N) is 1. The molecular weight excluding hydrogens is 311 g/mol. The molecular formula is C18H25FN2OS. The van der Waals surface area contributed by atoms with Crippen LogP contribution in [0.2, 0.25) is 0 Å². The number of morpholine rings is 1. The smallest absolute Gasteiger partial charge is 0.123 e. The lowest BCUT2D eigenvalue weighted by atomic mass is 9.94. The van der Waals surface area contributed by atoms with Crippen LogP contribution in [0.1, 0.15) is 30.0 Å². The van der Waals surface area contributed by atoms with Crippen LogP contribution in [0.5, 0.6) is 0 Å². The van der Waals surface area contributed by atoms with E-state index in [1.165, 1.54) is 29.1 Å². The second kappa shape index (κ2) is 6.71. The Labute approximate surface area is 142 Å². The molecule has 3 nitrogen and oxygen atoms in total. The van der Waals surface area contributed by atoms with Crippen molar-refractivity contribution < 1.29 is 9.13 Å². The van der Waals surface area contributed by atoms with Crippen molar-refractivity contribution in [1.82, 2.24) is 10.2 Å². The molecule has 0 aromatic heterocycles. The van der Waals surface area contributed by atoms with Crippen LogP contribution in [0, 0.1) is 5.82 Å². The summed E-state index contributed by atoms with van der Waals surface area (Å²) in [6.07, 6.45) is 3.34. The van der Waals surface area contributed by atoms with Crippen LogP contribution in [0.15, 0.2) is 18.2 Å². The molecule has 0 bridgehead atoms. The van der Waals surface area contributed by atoms with Gasteiger partial charge in [0.05, 0.1) is 13.2 Å². The van der Waals surface area contributed by atoms with Gasteiger partial charge in [-0.15, -0.1) is 0 Å². The fourth-order valence-corrected chi connectivity index (χ4v) is 5.72. The Hall–Kier alpha value is -0.620. The maximum Gasteiger partial charge on any atom is 0.123 e. The number of benzene rings is 1. The highest BCUT2D eigenvalue weighted by atomic mass is 32.2. The first-order valence-corrected chi connectivity index (χ1v) is 9.85. The summed E-state index contributed by atoms with van der Waals surface area (Å²) in [6, 6.07) is 5.66. The van der Waals surface area contributed by atoms with E-state index < -0.39 is 0 Å². The molecule has 2 aliphatic heterocycles. The number of halogens is 1. The third-order valence-electron chi connectivity index (χ3n) is 5.62. The molecule has 3 aliphatic rings. The Morgan fingerprint density at radius 2 is 2.22 bits per heavy atom. The standard InChI is InChI=1S/C18H25FN2OS/c19-15-2-3-16-14(11-15)1-4-17(16)20-12-18(5-10-23-13-18)21-6-8-22-9-7-21/h2-3,11,17,20H,1,4-10,12-13H2. The summed E-state index contributed by atoms with van der Waals surface area (Å²) in [5.74, 6) is 2.36. The molecule has 1 aromatic rings. The summed E-state index contributed by atoms with van der Waals surface area (Å²) < 4.78 is 18.9. The van der Waals surface area contributed by atoms with Crippen LogP contribution in [0.4, 0.5) is 4.39 Å². The summed E-state index contributed by atoms with van der Waals surface area (Å²) in [6.45, 7) is 4.85. The molecule has 0 spiro atoms. The molecule has 2 fully saturated rings. The highest BCUT2D eigenvalue weighted by Gasteiger charge is 2.41. The zero-order valence-corrected chi connectivity index (χ0v) is 14.3. The van der Waals surface area contributed by atoms with Crippen LogP contribution in [0.25, 0.3) is 0 Å². The van der Waals surface area contributed by atoms with Gasteiger partial charge in [-0.25, -0.2) is 4.39 Å². The van der Waals surface area contributed by atoms with E-state index in [1.54, 1.807) is 12.1 Å². The summed E-state index contributed by atoms with van der Waals surface area (Å²) >= 11 is 2.07. The molecule has 0 saturated carbocycles. The van der Waals surface area contributed by atoms with E-state index in [2.05, 4.69) is 22.0 Å². The second-order valence-corrected chi connectivity index (χ2v) is 8.05.